The third-order valence-corrected chi connectivity index (χ3v) is 7.57. The topological polar surface area (TPSA) is 90.8 Å². The van der Waals surface area contributed by atoms with E-state index in [0.717, 1.165) is 33.3 Å². The number of nitriles is 1. The van der Waals surface area contributed by atoms with Gasteiger partial charge < -0.3 is 4.98 Å². The van der Waals surface area contributed by atoms with Crippen LogP contribution in [0.15, 0.2) is 59.5 Å². The number of aromatic nitrogens is 1. The molecular formula is C27H21FN2O3S. The third-order valence-electron chi connectivity index (χ3n) is 6.75. The molecule has 7 heteroatoms. The van der Waals surface area contributed by atoms with Crippen LogP contribution in [-0.2, 0) is 22.1 Å². The van der Waals surface area contributed by atoms with Crippen LogP contribution in [0.3, 0.4) is 0 Å². The number of rotatable bonds is 3. The third kappa shape index (κ3) is 3.17. The van der Waals surface area contributed by atoms with E-state index in [1.54, 1.807) is 24.3 Å². The van der Waals surface area contributed by atoms with E-state index in [2.05, 4.69) is 11.1 Å². The van der Waals surface area contributed by atoms with E-state index in [-0.39, 0.29) is 5.78 Å². The average molecular weight is 473 g/mol. The molecule has 0 spiro atoms. The minimum absolute atomic E-state index is 0.0957. The number of aryl methyl sites for hydroxylation is 1. The largest absolute Gasteiger partial charge is 0.357 e. The van der Waals surface area contributed by atoms with Crippen LogP contribution < -0.4 is 0 Å². The summed E-state index contributed by atoms with van der Waals surface area (Å²) in [5.74, 6) is -0.0957. The van der Waals surface area contributed by atoms with Gasteiger partial charge in [-0.2, -0.15) is 13.7 Å². The fourth-order valence-corrected chi connectivity index (χ4v) is 5.48. The van der Waals surface area contributed by atoms with Crippen molar-refractivity contribution in [1.82, 2.24) is 4.98 Å². The maximum Gasteiger partial charge on any atom is 0.332 e. The van der Waals surface area contributed by atoms with Crippen molar-refractivity contribution in [1.29, 1.82) is 5.26 Å². The van der Waals surface area contributed by atoms with Gasteiger partial charge >= 0.3 is 10.2 Å². The molecule has 5 nitrogen and oxygen atoms in total. The van der Waals surface area contributed by atoms with Gasteiger partial charge in [-0.25, -0.2) is 0 Å². The minimum atomic E-state index is -4.84. The Kier molecular flexibility index (Phi) is 4.78. The van der Waals surface area contributed by atoms with Crippen LogP contribution in [0.5, 0.6) is 0 Å². The van der Waals surface area contributed by atoms with Gasteiger partial charge in [-0.1, -0.05) is 39.0 Å². The summed E-state index contributed by atoms with van der Waals surface area (Å²) in [6.45, 7) is 6.00. The Hall–Kier alpha value is -3.76. The number of nitrogens with zero attached hydrogens (tertiary/aromatic N) is 1. The quantitative estimate of drug-likeness (QED) is 0.382. The Morgan fingerprint density at radius 3 is 2.50 bits per heavy atom. The van der Waals surface area contributed by atoms with E-state index in [4.69, 9.17) is 0 Å². The number of fused-ring (bicyclic) bond motifs is 4. The first-order valence-corrected chi connectivity index (χ1v) is 12.3. The number of aromatic amines is 1. The van der Waals surface area contributed by atoms with Crippen molar-refractivity contribution >= 4 is 26.9 Å². The second kappa shape index (κ2) is 7.37. The lowest BCUT2D eigenvalue weighted by atomic mass is 9.70. The van der Waals surface area contributed by atoms with Crippen molar-refractivity contribution in [2.45, 2.75) is 37.5 Å². The molecule has 1 aliphatic carbocycles. The fourth-order valence-electron chi connectivity index (χ4n) is 4.97. The Morgan fingerprint density at radius 1 is 1.06 bits per heavy atom. The van der Waals surface area contributed by atoms with Gasteiger partial charge in [0.25, 0.3) is 0 Å². The summed E-state index contributed by atoms with van der Waals surface area (Å²) in [4.78, 5) is 16.7. The zero-order chi connectivity index (χ0) is 24.4. The molecule has 5 rings (SSSR count). The molecule has 0 atom stereocenters. The molecule has 0 unspecified atom stereocenters. The Labute approximate surface area is 197 Å². The highest BCUT2D eigenvalue weighted by Crippen LogP contribution is 2.45. The predicted molar refractivity (Wildman–Crippen MR) is 128 cm³/mol. The molecule has 0 saturated carbocycles. The molecule has 0 amide bonds. The zero-order valence-electron chi connectivity index (χ0n) is 18.9. The molecule has 1 N–H and O–H groups in total. The molecule has 170 valence electrons. The molecule has 0 saturated heterocycles. The number of hydrogen-bond acceptors (Lipinski definition) is 4. The van der Waals surface area contributed by atoms with Crippen molar-refractivity contribution < 1.29 is 17.1 Å². The van der Waals surface area contributed by atoms with Crippen LogP contribution in [-0.4, -0.2) is 19.2 Å². The van der Waals surface area contributed by atoms with E-state index in [9.17, 15) is 22.4 Å². The van der Waals surface area contributed by atoms with Gasteiger partial charge in [0.1, 0.15) is 0 Å². The second-order valence-electron chi connectivity index (χ2n) is 9.08. The van der Waals surface area contributed by atoms with E-state index in [1.807, 2.05) is 32.9 Å². The van der Waals surface area contributed by atoms with Gasteiger partial charge in [0.05, 0.1) is 22.1 Å². The number of benzene rings is 3. The summed E-state index contributed by atoms with van der Waals surface area (Å²) in [5, 5.41) is 10.0. The summed E-state index contributed by atoms with van der Waals surface area (Å²) in [6.07, 6.45) is 0.606. The van der Waals surface area contributed by atoms with Gasteiger partial charge in [-0.15, -0.1) is 3.89 Å². The number of halogens is 1. The van der Waals surface area contributed by atoms with Crippen LogP contribution in [0.25, 0.3) is 22.0 Å². The molecule has 34 heavy (non-hydrogen) atoms. The first-order chi connectivity index (χ1) is 16.1. The monoisotopic (exact) mass is 472 g/mol. The standard InChI is InChI=1S/C27H21FN2O3S/c1-4-16-12-21-22(13-20(16)17-6-5-7-18(11-17)34(28,32)33)27(2,3)26-24(25(21)31)19-9-8-15(14-29)10-23(19)30-26/h5-13,30H,4H2,1-3H3. The minimum Gasteiger partial charge on any atom is -0.357 e. The molecule has 0 fully saturated rings. The van der Waals surface area contributed by atoms with Crippen LogP contribution in [0.4, 0.5) is 3.89 Å². The molecular weight excluding hydrogens is 451 g/mol. The van der Waals surface area contributed by atoms with Crippen molar-refractivity contribution in [2.24, 2.45) is 0 Å². The highest BCUT2D eigenvalue weighted by Gasteiger charge is 2.40. The first kappa shape index (κ1) is 22.1. The Balaban J connectivity index is 1.77. The lowest BCUT2D eigenvalue weighted by molar-refractivity contribution is 0.103. The number of nitrogens with one attached hydrogen (secondary N) is 1. The maximum absolute atomic E-state index is 13.7. The van der Waals surface area contributed by atoms with Crippen molar-refractivity contribution in [3.63, 3.8) is 0 Å². The lowest BCUT2D eigenvalue weighted by Crippen LogP contribution is -2.30. The fraction of sp³-hybridized carbons (Fsp3) is 0.185. The normalized spacial score (nSPS) is 14.5. The zero-order valence-corrected chi connectivity index (χ0v) is 19.7. The molecule has 3 aromatic carbocycles. The van der Waals surface area contributed by atoms with Gasteiger partial charge in [0.2, 0.25) is 0 Å². The number of carbonyl (C=O) groups is 1. The molecule has 1 heterocycles. The lowest BCUT2D eigenvalue weighted by Gasteiger charge is -2.33. The highest BCUT2D eigenvalue weighted by atomic mass is 32.3. The molecule has 4 aromatic rings. The smallest absolute Gasteiger partial charge is 0.332 e. The van der Waals surface area contributed by atoms with E-state index in [1.165, 1.54) is 18.2 Å². The summed E-state index contributed by atoms with van der Waals surface area (Å²) in [6, 6.07) is 17.0. The van der Waals surface area contributed by atoms with Crippen LogP contribution in [0.2, 0.25) is 0 Å². The highest BCUT2D eigenvalue weighted by molar-refractivity contribution is 7.86. The number of carbonyl (C=O) groups excluding carboxylic acids is 1. The van der Waals surface area contributed by atoms with Crippen LogP contribution in [0.1, 0.15) is 59.1 Å². The Bertz CT molecular complexity index is 1670. The van der Waals surface area contributed by atoms with E-state index in [0.29, 0.717) is 28.7 Å². The molecule has 0 radical (unpaired) electrons. The number of hydrogen-bond donors (Lipinski definition) is 1. The maximum atomic E-state index is 13.7. The Morgan fingerprint density at radius 2 is 1.82 bits per heavy atom. The van der Waals surface area contributed by atoms with Crippen LogP contribution in [0, 0.1) is 11.3 Å². The van der Waals surface area contributed by atoms with E-state index >= 15 is 0 Å². The van der Waals surface area contributed by atoms with Gasteiger partial charge in [-0.3, -0.25) is 4.79 Å². The predicted octanol–water partition coefficient (Wildman–Crippen LogP) is 5.80. The number of ketones is 1. The van der Waals surface area contributed by atoms with Gasteiger partial charge in [-0.05, 0) is 65.1 Å². The average Bonchev–Trinajstić information content (AvgIpc) is 3.21. The van der Waals surface area contributed by atoms with Crippen LogP contribution >= 0.6 is 0 Å². The molecule has 1 aliphatic rings. The van der Waals surface area contributed by atoms with Crippen molar-refractivity contribution in [3.05, 3.63) is 88.1 Å². The summed E-state index contributed by atoms with van der Waals surface area (Å²) >= 11 is 0. The van der Waals surface area contributed by atoms with Crippen molar-refractivity contribution in [2.75, 3.05) is 0 Å². The van der Waals surface area contributed by atoms with Crippen molar-refractivity contribution in [3.8, 4) is 17.2 Å². The molecule has 0 bridgehead atoms. The molecule has 1 aromatic heterocycles. The summed E-state index contributed by atoms with van der Waals surface area (Å²) in [5.41, 5.74) is 5.64. The molecule has 0 aliphatic heterocycles. The second-order valence-corrected chi connectivity index (χ2v) is 10.4. The summed E-state index contributed by atoms with van der Waals surface area (Å²) < 4.78 is 36.6. The number of H-pyrrole nitrogens is 1. The van der Waals surface area contributed by atoms with E-state index < -0.39 is 20.5 Å². The van der Waals surface area contributed by atoms with Gasteiger partial charge in [0.15, 0.2) is 5.78 Å². The SMILES string of the molecule is CCc1cc2c(cc1-c1cccc(S(=O)(=O)F)c1)C(C)(C)c1[nH]c3cc(C#N)ccc3c1C2=O. The van der Waals surface area contributed by atoms with Gasteiger partial charge in [0, 0.05) is 27.6 Å². The summed E-state index contributed by atoms with van der Waals surface area (Å²) in [7, 11) is -4.84. The first-order valence-electron chi connectivity index (χ1n) is 10.9.